The Kier molecular flexibility index (Phi) is 6.37. The first-order valence-corrected chi connectivity index (χ1v) is 6.02. The average molecular weight is 228 g/mol. The number of hydrogen-bond acceptors (Lipinski definition) is 4. The van der Waals surface area contributed by atoms with Crippen LogP contribution in [-0.2, 0) is 0 Å². The quantitative estimate of drug-likeness (QED) is 0.342. The van der Waals surface area contributed by atoms with E-state index in [2.05, 4.69) is 43.2 Å². The van der Waals surface area contributed by atoms with Crippen molar-refractivity contribution in [1.29, 1.82) is 5.26 Å². The Labute approximate surface area is 96.7 Å². The van der Waals surface area contributed by atoms with E-state index in [4.69, 9.17) is 5.26 Å². The summed E-state index contributed by atoms with van der Waals surface area (Å²) >= 11 is 1.46. The van der Waals surface area contributed by atoms with E-state index in [9.17, 15) is 0 Å². The van der Waals surface area contributed by atoms with E-state index in [0.29, 0.717) is 5.17 Å². The summed E-state index contributed by atoms with van der Waals surface area (Å²) < 4.78 is 0. The molecule has 0 radical (unpaired) electrons. The fourth-order valence-electron chi connectivity index (χ4n) is 1.39. The largest absolute Gasteiger partial charge is 0.309 e. The average Bonchev–Trinajstić information content (AvgIpc) is 2.10. The van der Waals surface area contributed by atoms with Crippen LogP contribution < -0.4 is 5.32 Å². The minimum absolute atomic E-state index is 0.127. The summed E-state index contributed by atoms with van der Waals surface area (Å²) in [5.74, 6) is 0. The second-order valence-corrected chi connectivity index (χ2v) is 5.26. The van der Waals surface area contributed by atoms with Gasteiger partial charge in [0.2, 0.25) is 0 Å². The lowest BCUT2D eigenvalue weighted by Crippen LogP contribution is -2.31. The molecule has 0 atom stereocenters. The van der Waals surface area contributed by atoms with Gasteiger partial charge in [-0.1, -0.05) is 25.6 Å². The molecule has 0 bridgehead atoms. The van der Waals surface area contributed by atoms with Gasteiger partial charge in [0.15, 0.2) is 11.4 Å². The number of nitrogens with one attached hydrogen (secondary N) is 1. The Balaban J connectivity index is 4.26. The molecular weight excluding hydrogens is 208 g/mol. The van der Waals surface area contributed by atoms with Gasteiger partial charge in [0.25, 0.3) is 0 Å². The van der Waals surface area contributed by atoms with Crippen LogP contribution in [0.25, 0.3) is 0 Å². The van der Waals surface area contributed by atoms with Crippen molar-refractivity contribution in [3.63, 3.8) is 0 Å². The lowest BCUT2D eigenvalue weighted by atomic mass is 9.93. The van der Waals surface area contributed by atoms with Crippen LogP contribution in [0.5, 0.6) is 0 Å². The molecule has 0 aliphatic rings. The Morgan fingerprint density at radius 2 is 2.13 bits per heavy atom. The van der Waals surface area contributed by atoms with Crippen molar-refractivity contribution in [3.05, 3.63) is 0 Å². The van der Waals surface area contributed by atoms with Gasteiger partial charge in [0, 0.05) is 13.1 Å². The third-order valence-corrected chi connectivity index (χ3v) is 2.37. The number of nitrogens with zero attached hydrogens (tertiary/aromatic N) is 3. The molecule has 1 N–H and O–H groups in total. The molecule has 0 aromatic heterocycles. The van der Waals surface area contributed by atoms with Crippen LogP contribution in [0.2, 0.25) is 0 Å². The zero-order valence-electron chi connectivity index (χ0n) is 10.2. The monoisotopic (exact) mass is 228 g/mol. The Bertz CT molecular complexity index is 253. The second kappa shape index (κ2) is 6.70. The van der Waals surface area contributed by atoms with Crippen LogP contribution >= 0.6 is 11.8 Å². The minimum Gasteiger partial charge on any atom is -0.309 e. The number of hydrogen-bond donors (Lipinski definition) is 1. The fraction of sp³-hybridized carbons (Fsp3) is 0.800. The third-order valence-electron chi connectivity index (χ3n) is 1.75. The molecule has 0 saturated heterocycles. The van der Waals surface area contributed by atoms with Crippen LogP contribution in [0.15, 0.2) is 4.99 Å². The van der Waals surface area contributed by atoms with E-state index in [1.54, 1.807) is 0 Å². The molecule has 0 spiro atoms. The maximum Gasteiger partial charge on any atom is 0.183 e. The summed E-state index contributed by atoms with van der Waals surface area (Å²) in [6.07, 6.45) is 3.79. The van der Waals surface area contributed by atoms with Crippen molar-refractivity contribution in [2.24, 2.45) is 10.4 Å². The Morgan fingerprint density at radius 1 is 1.53 bits per heavy atom. The number of rotatable bonds is 4. The molecular formula is C10H20N4S. The lowest BCUT2D eigenvalue weighted by molar-refractivity contribution is 0.249. The predicted octanol–water partition coefficient (Wildman–Crippen LogP) is 1.36. The van der Waals surface area contributed by atoms with Crippen molar-refractivity contribution in [2.75, 3.05) is 33.4 Å². The molecule has 5 heteroatoms. The van der Waals surface area contributed by atoms with Gasteiger partial charge in [-0.15, -0.1) is 0 Å². The van der Waals surface area contributed by atoms with Crippen LogP contribution in [0.3, 0.4) is 0 Å². The summed E-state index contributed by atoms with van der Waals surface area (Å²) in [7, 11) is 4.10. The number of amidine groups is 1. The van der Waals surface area contributed by atoms with Gasteiger partial charge in [0.05, 0.1) is 0 Å². The highest BCUT2D eigenvalue weighted by Gasteiger charge is 2.18. The van der Waals surface area contributed by atoms with E-state index in [-0.39, 0.29) is 5.41 Å². The van der Waals surface area contributed by atoms with Crippen molar-refractivity contribution in [3.8, 4) is 6.19 Å². The number of thioether (sulfide) groups is 1. The molecule has 0 aliphatic carbocycles. The Morgan fingerprint density at radius 3 is 2.53 bits per heavy atom. The highest BCUT2D eigenvalue weighted by atomic mass is 32.2. The first kappa shape index (κ1) is 14.3. The van der Waals surface area contributed by atoms with E-state index in [1.165, 1.54) is 11.8 Å². The van der Waals surface area contributed by atoms with E-state index in [1.807, 2.05) is 12.4 Å². The molecule has 15 heavy (non-hydrogen) atoms. The molecule has 0 aromatic rings. The highest BCUT2D eigenvalue weighted by molar-refractivity contribution is 8.13. The van der Waals surface area contributed by atoms with Crippen molar-refractivity contribution >= 4 is 16.9 Å². The second-order valence-electron chi connectivity index (χ2n) is 4.46. The number of nitriles is 1. The first-order valence-electron chi connectivity index (χ1n) is 4.79. The van der Waals surface area contributed by atoms with Gasteiger partial charge in [-0.05, 0) is 25.8 Å². The molecule has 0 amide bonds. The van der Waals surface area contributed by atoms with Gasteiger partial charge < -0.3 is 4.90 Å². The standard InChI is InChI=1S/C10H20N4S/c1-10(2,7-14(3)4)6-12-9(15-5)13-8-11/h6-7H2,1-5H3,(H,12,13). The Hall–Kier alpha value is -0.730. The molecule has 0 unspecified atom stereocenters. The van der Waals surface area contributed by atoms with Gasteiger partial charge in [-0.25, -0.2) is 0 Å². The van der Waals surface area contributed by atoms with Crippen molar-refractivity contribution in [1.82, 2.24) is 10.2 Å². The highest BCUT2D eigenvalue weighted by Crippen LogP contribution is 2.16. The van der Waals surface area contributed by atoms with Crippen LogP contribution in [0.1, 0.15) is 13.8 Å². The van der Waals surface area contributed by atoms with Crippen LogP contribution in [0, 0.1) is 16.9 Å². The maximum absolute atomic E-state index is 8.48. The molecule has 0 aliphatic heterocycles. The van der Waals surface area contributed by atoms with E-state index >= 15 is 0 Å². The zero-order chi connectivity index (χ0) is 11.9. The molecule has 4 nitrogen and oxygen atoms in total. The molecule has 0 heterocycles. The molecule has 0 fully saturated rings. The predicted molar refractivity (Wildman–Crippen MR) is 66.9 cm³/mol. The van der Waals surface area contributed by atoms with Gasteiger partial charge in [0.1, 0.15) is 0 Å². The fourth-order valence-corrected chi connectivity index (χ4v) is 1.74. The molecule has 86 valence electrons. The molecule has 0 rings (SSSR count). The smallest absolute Gasteiger partial charge is 0.183 e. The van der Waals surface area contributed by atoms with Gasteiger partial charge in [-0.3, -0.25) is 10.3 Å². The third kappa shape index (κ3) is 7.23. The summed E-state index contributed by atoms with van der Waals surface area (Å²) in [6, 6.07) is 0. The van der Waals surface area contributed by atoms with E-state index < -0.39 is 0 Å². The normalized spacial score (nSPS) is 12.7. The summed E-state index contributed by atoms with van der Waals surface area (Å²) in [5, 5.41) is 11.7. The van der Waals surface area contributed by atoms with E-state index in [0.717, 1.165) is 13.1 Å². The first-order chi connectivity index (χ1) is 6.91. The van der Waals surface area contributed by atoms with Gasteiger partial charge >= 0.3 is 0 Å². The molecule has 0 saturated carbocycles. The van der Waals surface area contributed by atoms with Crippen molar-refractivity contribution in [2.45, 2.75) is 13.8 Å². The minimum atomic E-state index is 0.127. The lowest BCUT2D eigenvalue weighted by Gasteiger charge is -2.26. The summed E-state index contributed by atoms with van der Waals surface area (Å²) in [4.78, 5) is 6.52. The molecule has 0 aromatic carbocycles. The SMILES string of the molecule is CSC(=NCC(C)(C)CN(C)C)NC#N. The van der Waals surface area contributed by atoms with Gasteiger partial charge in [-0.2, -0.15) is 5.26 Å². The number of aliphatic imine (C=N–C) groups is 1. The summed E-state index contributed by atoms with van der Waals surface area (Å²) in [5.41, 5.74) is 0.127. The van der Waals surface area contributed by atoms with Crippen LogP contribution in [-0.4, -0.2) is 43.5 Å². The summed E-state index contributed by atoms with van der Waals surface area (Å²) in [6.45, 7) is 6.03. The zero-order valence-corrected chi connectivity index (χ0v) is 11.0. The van der Waals surface area contributed by atoms with Crippen LogP contribution in [0.4, 0.5) is 0 Å². The van der Waals surface area contributed by atoms with Crippen molar-refractivity contribution < 1.29 is 0 Å². The topological polar surface area (TPSA) is 51.4 Å². The maximum atomic E-state index is 8.48.